The van der Waals surface area contributed by atoms with E-state index in [1.807, 2.05) is 44.2 Å². The standard InChI is InChI=1S/C26H29N3O3/c1-3-27(4-2)26(30)21-10-8-19(9-11-21)25(22-6-5-7-24(18-22)29(31)32)20-14-16-28(17-15-20)23-12-13-23/h5-13,18,23H,3-4,14-17H2,1-2H3. The molecule has 2 aromatic carbocycles. The van der Waals surface area contributed by atoms with Crippen LogP contribution in [0.3, 0.4) is 0 Å². The van der Waals surface area contributed by atoms with E-state index in [-0.39, 0.29) is 16.5 Å². The first kappa shape index (κ1) is 22.0. The van der Waals surface area contributed by atoms with Crippen molar-refractivity contribution < 1.29 is 9.72 Å². The number of carbonyl (C=O) groups is 1. The summed E-state index contributed by atoms with van der Waals surface area (Å²) < 4.78 is 0. The van der Waals surface area contributed by atoms with E-state index in [2.05, 4.69) is 17.1 Å². The lowest BCUT2D eigenvalue weighted by Crippen LogP contribution is -2.33. The van der Waals surface area contributed by atoms with Crippen molar-refractivity contribution in [3.05, 3.63) is 93.1 Å². The molecule has 32 heavy (non-hydrogen) atoms. The number of hydrogen-bond acceptors (Lipinski definition) is 4. The van der Waals surface area contributed by atoms with E-state index in [9.17, 15) is 14.9 Å². The molecule has 1 fully saturated rings. The zero-order valence-corrected chi connectivity index (χ0v) is 18.7. The third kappa shape index (κ3) is 4.65. The molecule has 0 atom stereocenters. The fourth-order valence-corrected chi connectivity index (χ4v) is 4.46. The Morgan fingerprint density at radius 1 is 1.00 bits per heavy atom. The van der Waals surface area contributed by atoms with Crippen LogP contribution in [0.25, 0.3) is 5.57 Å². The number of nitrogens with zero attached hydrogens (tertiary/aromatic N) is 3. The third-order valence-electron chi connectivity index (χ3n) is 6.36. The number of amides is 1. The van der Waals surface area contributed by atoms with Crippen LogP contribution in [0.5, 0.6) is 0 Å². The highest BCUT2D eigenvalue weighted by Crippen LogP contribution is 2.35. The lowest BCUT2D eigenvalue weighted by molar-refractivity contribution is -0.384. The lowest BCUT2D eigenvalue weighted by atomic mass is 9.87. The van der Waals surface area contributed by atoms with Crippen molar-refractivity contribution in [2.45, 2.75) is 32.7 Å². The molecule has 1 aliphatic carbocycles. The van der Waals surface area contributed by atoms with E-state index >= 15 is 0 Å². The Balaban J connectivity index is 1.70. The third-order valence-corrected chi connectivity index (χ3v) is 6.36. The number of benzene rings is 2. The van der Waals surface area contributed by atoms with Gasteiger partial charge in [0.2, 0.25) is 0 Å². The molecular formula is C26H29N3O3. The Morgan fingerprint density at radius 2 is 1.62 bits per heavy atom. The van der Waals surface area contributed by atoms with Gasteiger partial charge < -0.3 is 4.90 Å². The van der Waals surface area contributed by atoms with Crippen LogP contribution < -0.4 is 0 Å². The molecule has 0 radical (unpaired) electrons. The van der Waals surface area contributed by atoms with Crippen LogP contribution in [0, 0.1) is 10.1 Å². The molecule has 0 bridgehead atoms. The predicted octanol–water partition coefficient (Wildman–Crippen LogP) is 4.91. The summed E-state index contributed by atoms with van der Waals surface area (Å²) in [5.41, 5.74) is 4.97. The molecule has 0 aromatic heterocycles. The van der Waals surface area contributed by atoms with Gasteiger partial charge in [0.25, 0.3) is 11.6 Å². The fourth-order valence-electron chi connectivity index (χ4n) is 4.46. The van der Waals surface area contributed by atoms with Gasteiger partial charge in [-0.25, -0.2) is 0 Å². The summed E-state index contributed by atoms with van der Waals surface area (Å²) in [7, 11) is 0. The first-order valence-electron chi connectivity index (χ1n) is 11.3. The maximum Gasteiger partial charge on any atom is 0.270 e. The number of rotatable bonds is 7. The topological polar surface area (TPSA) is 66.7 Å². The van der Waals surface area contributed by atoms with Gasteiger partial charge >= 0.3 is 0 Å². The fraction of sp³-hybridized carbons (Fsp3) is 0.346. The Bertz CT molecular complexity index is 1050. The molecule has 0 N–H and O–H groups in total. The van der Waals surface area contributed by atoms with Crippen LogP contribution in [0.1, 0.15) is 48.2 Å². The van der Waals surface area contributed by atoms with Gasteiger partial charge in [-0.3, -0.25) is 19.8 Å². The Hall–Kier alpha value is -3.25. The Morgan fingerprint density at radius 3 is 2.19 bits per heavy atom. The Labute approximate surface area is 189 Å². The molecule has 1 amide bonds. The van der Waals surface area contributed by atoms with E-state index in [1.165, 1.54) is 11.6 Å². The molecule has 4 rings (SSSR count). The van der Waals surface area contributed by atoms with Gasteiger partial charge in [-0.1, -0.05) is 42.0 Å². The summed E-state index contributed by atoms with van der Waals surface area (Å²) in [6.07, 6.45) is 6.27. The molecule has 2 aliphatic rings. The average Bonchev–Trinajstić information content (AvgIpc) is 3.67. The van der Waals surface area contributed by atoms with Crippen molar-refractivity contribution in [1.29, 1.82) is 0 Å². The molecule has 0 saturated carbocycles. The Kier molecular flexibility index (Phi) is 6.51. The molecule has 2 aromatic rings. The normalized spacial score (nSPS) is 16.1. The highest BCUT2D eigenvalue weighted by molar-refractivity contribution is 5.95. The van der Waals surface area contributed by atoms with Gasteiger partial charge in [-0.2, -0.15) is 0 Å². The summed E-state index contributed by atoms with van der Waals surface area (Å²) in [5.74, 6) is 0.0244. The van der Waals surface area contributed by atoms with Gasteiger partial charge in [-0.05, 0) is 55.5 Å². The number of hydrogen-bond donors (Lipinski definition) is 0. The van der Waals surface area contributed by atoms with E-state index in [0.717, 1.165) is 42.6 Å². The second kappa shape index (κ2) is 9.49. The minimum absolute atomic E-state index is 0.0244. The van der Waals surface area contributed by atoms with Gasteiger partial charge in [0.15, 0.2) is 0 Å². The number of nitro benzene ring substituents is 1. The smallest absolute Gasteiger partial charge is 0.270 e. The second-order valence-electron chi connectivity index (χ2n) is 8.25. The van der Waals surface area contributed by atoms with Crippen molar-refractivity contribution in [3.63, 3.8) is 0 Å². The molecule has 6 heteroatoms. The first-order chi connectivity index (χ1) is 15.5. The van der Waals surface area contributed by atoms with Gasteiger partial charge in [0, 0.05) is 49.9 Å². The maximum absolute atomic E-state index is 12.7. The molecule has 0 unspecified atom stereocenters. The molecule has 1 aliphatic heterocycles. The number of nitro groups is 1. The van der Waals surface area contributed by atoms with Crippen molar-refractivity contribution >= 4 is 17.2 Å². The van der Waals surface area contributed by atoms with Crippen molar-refractivity contribution in [2.24, 2.45) is 0 Å². The van der Waals surface area contributed by atoms with Gasteiger partial charge in [0.05, 0.1) is 4.92 Å². The lowest BCUT2D eigenvalue weighted by Gasteiger charge is -2.30. The minimum atomic E-state index is -0.348. The van der Waals surface area contributed by atoms with Gasteiger partial charge in [0.1, 0.15) is 0 Å². The number of non-ortho nitro benzene ring substituents is 1. The summed E-state index contributed by atoms with van der Waals surface area (Å²) in [5, 5.41) is 11.4. The molecule has 1 saturated heterocycles. The molecular weight excluding hydrogens is 402 g/mol. The van der Waals surface area contributed by atoms with E-state index in [4.69, 9.17) is 0 Å². The van der Waals surface area contributed by atoms with Crippen LogP contribution >= 0.6 is 0 Å². The SMILES string of the molecule is CCN(CC)C(=O)c1ccc(C(=C2CCN(C3C=C3)CC2)c2cccc([N+](=O)[O-])c2)cc1. The summed E-state index contributed by atoms with van der Waals surface area (Å²) in [4.78, 5) is 28.0. The first-order valence-corrected chi connectivity index (χ1v) is 11.3. The summed E-state index contributed by atoms with van der Waals surface area (Å²) in [6, 6.07) is 15.1. The van der Waals surface area contributed by atoms with Crippen molar-refractivity contribution in [1.82, 2.24) is 9.80 Å². The minimum Gasteiger partial charge on any atom is -0.339 e. The summed E-state index contributed by atoms with van der Waals surface area (Å²) >= 11 is 0. The van der Waals surface area contributed by atoms with Gasteiger partial charge in [-0.15, -0.1) is 0 Å². The summed E-state index contributed by atoms with van der Waals surface area (Å²) in [6.45, 7) is 7.25. The molecule has 166 valence electrons. The molecule has 6 nitrogen and oxygen atoms in total. The van der Waals surface area contributed by atoms with Crippen LogP contribution in [0.15, 0.2) is 66.3 Å². The zero-order valence-electron chi connectivity index (χ0n) is 18.7. The van der Waals surface area contributed by atoms with Crippen molar-refractivity contribution in [2.75, 3.05) is 26.2 Å². The maximum atomic E-state index is 12.7. The monoisotopic (exact) mass is 431 g/mol. The predicted molar refractivity (Wildman–Crippen MR) is 127 cm³/mol. The largest absolute Gasteiger partial charge is 0.339 e. The molecule has 0 spiro atoms. The van der Waals surface area contributed by atoms with Crippen LogP contribution in [0.2, 0.25) is 0 Å². The van der Waals surface area contributed by atoms with E-state index < -0.39 is 0 Å². The zero-order chi connectivity index (χ0) is 22.7. The quantitative estimate of drug-likeness (QED) is 0.355. The highest BCUT2D eigenvalue weighted by atomic mass is 16.6. The number of likely N-dealkylation sites (tertiary alicyclic amines) is 1. The highest BCUT2D eigenvalue weighted by Gasteiger charge is 2.26. The van der Waals surface area contributed by atoms with Crippen LogP contribution in [0.4, 0.5) is 5.69 Å². The van der Waals surface area contributed by atoms with Crippen molar-refractivity contribution in [3.8, 4) is 0 Å². The van der Waals surface area contributed by atoms with Crippen LogP contribution in [-0.4, -0.2) is 52.9 Å². The number of carbonyl (C=O) groups excluding carboxylic acids is 1. The van der Waals surface area contributed by atoms with E-state index in [1.54, 1.807) is 17.0 Å². The van der Waals surface area contributed by atoms with Crippen LogP contribution in [-0.2, 0) is 0 Å². The average molecular weight is 432 g/mol. The second-order valence-corrected chi connectivity index (χ2v) is 8.25. The van der Waals surface area contributed by atoms with E-state index in [0.29, 0.717) is 24.7 Å². The number of piperidine rings is 1. The molecule has 1 heterocycles.